The summed E-state index contributed by atoms with van der Waals surface area (Å²) in [6.45, 7) is 0.559. The predicted octanol–water partition coefficient (Wildman–Crippen LogP) is 1.31. The number of nitrogens with zero attached hydrogens (tertiary/aromatic N) is 1. The maximum Gasteiger partial charge on any atom is 0.223 e. The van der Waals surface area contributed by atoms with Gasteiger partial charge >= 0.3 is 0 Å². The Bertz CT molecular complexity index is 507. The highest BCUT2D eigenvalue weighted by atomic mass is 35.5. The molecule has 96 valence electrons. The van der Waals surface area contributed by atoms with Crippen LogP contribution in [0.15, 0.2) is 18.2 Å². The number of primary amides is 1. The van der Waals surface area contributed by atoms with Crippen LogP contribution in [0, 0.1) is 11.7 Å². The molecule has 1 heterocycles. The topological polar surface area (TPSA) is 63.4 Å². The minimum atomic E-state index is -0.476. The Morgan fingerprint density at radius 2 is 2.28 bits per heavy atom. The first-order valence-corrected chi connectivity index (χ1v) is 5.86. The van der Waals surface area contributed by atoms with Gasteiger partial charge in [-0.2, -0.15) is 0 Å². The highest BCUT2D eigenvalue weighted by Crippen LogP contribution is 2.23. The van der Waals surface area contributed by atoms with Crippen LogP contribution >= 0.6 is 11.6 Å². The number of benzene rings is 1. The molecule has 1 saturated heterocycles. The lowest BCUT2D eigenvalue weighted by Crippen LogP contribution is -2.28. The fraction of sp³-hybridized carbons (Fsp3) is 0.333. The SMILES string of the molecule is NC(=O)C1CC(=O)N(Cc2ccc(F)cc2Cl)C1. The van der Waals surface area contributed by atoms with E-state index in [4.69, 9.17) is 17.3 Å². The van der Waals surface area contributed by atoms with E-state index in [0.717, 1.165) is 0 Å². The largest absolute Gasteiger partial charge is 0.369 e. The first-order chi connectivity index (χ1) is 8.47. The molecule has 1 aromatic rings. The van der Waals surface area contributed by atoms with Crippen molar-refractivity contribution in [2.24, 2.45) is 11.7 Å². The number of rotatable bonds is 3. The maximum atomic E-state index is 12.9. The molecule has 4 nitrogen and oxygen atoms in total. The molecule has 0 spiro atoms. The van der Waals surface area contributed by atoms with Gasteiger partial charge in [-0.1, -0.05) is 17.7 Å². The van der Waals surface area contributed by atoms with Crippen LogP contribution in [0.3, 0.4) is 0 Å². The third-order valence-corrected chi connectivity index (χ3v) is 3.35. The number of halogens is 2. The normalized spacial score (nSPS) is 19.3. The number of carbonyl (C=O) groups excluding carboxylic acids is 2. The summed E-state index contributed by atoms with van der Waals surface area (Å²) in [5.74, 6) is -1.49. The standard InChI is InChI=1S/C12H12ClFN2O2/c13-10-4-9(14)2-1-7(10)5-16-6-8(12(15)18)3-11(16)17/h1-2,4,8H,3,5-6H2,(H2,15,18). The van der Waals surface area contributed by atoms with Crippen LogP contribution in [0.1, 0.15) is 12.0 Å². The van der Waals surface area contributed by atoms with E-state index < -0.39 is 17.6 Å². The highest BCUT2D eigenvalue weighted by Gasteiger charge is 2.33. The first kappa shape index (κ1) is 12.8. The van der Waals surface area contributed by atoms with E-state index in [9.17, 15) is 14.0 Å². The summed E-state index contributed by atoms with van der Waals surface area (Å²) in [5.41, 5.74) is 5.82. The van der Waals surface area contributed by atoms with Crippen molar-refractivity contribution in [3.8, 4) is 0 Å². The van der Waals surface area contributed by atoms with Crippen molar-refractivity contribution in [2.75, 3.05) is 6.54 Å². The number of carbonyl (C=O) groups is 2. The van der Waals surface area contributed by atoms with Gasteiger partial charge in [-0.3, -0.25) is 9.59 Å². The maximum absolute atomic E-state index is 12.9. The van der Waals surface area contributed by atoms with E-state index in [-0.39, 0.29) is 23.9 Å². The molecule has 6 heteroatoms. The molecule has 2 amide bonds. The smallest absolute Gasteiger partial charge is 0.223 e. The molecule has 1 aliphatic rings. The minimum Gasteiger partial charge on any atom is -0.369 e. The zero-order valence-electron chi connectivity index (χ0n) is 9.53. The van der Waals surface area contributed by atoms with Crippen LogP contribution in [0.4, 0.5) is 4.39 Å². The first-order valence-electron chi connectivity index (χ1n) is 5.48. The van der Waals surface area contributed by atoms with Gasteiger partial charge in [-0.15, -0.1) is 0 Å². The van der Waals surface area contributed by atoms with Gasteiger partial charge in [0.1, 0.15) is 5.82 Å². The molecule has 18 heavy (non-hydrogen) atoms. The lowest BCUT2D eigenvalue weighted by atomic mass is 10.1. The Hall–Kier alpha value is -1.62. The lowest BCUT2D eigenvalue weighted by Gasteiger charge is -2.17. The van der Waals surface area contributed by atoms with Crippen LogP contribution in [0.2, 0.25) is 5.02 Å². The molecule has 0 aliphatic carbocycles. The van der Waals surface area contributed by atoms with E-state index in [2.05, 4.69) is 0 Å². The average Bonchev–Trinajstić information content (AvgIpc) is 2.64. The summed E-state index contributed by atoms with van der Waals surface area (Å²) < 4.78 is 12.9. The van der Waals surface area contributed by atoms with Crippen LogP contribution in [0.25, 0.3) is 0 Å². The molecule has 2 N–H and O–H groups in total. The molecule has 0 aromatic heterocycles. The van der Waals surface area contributed by atoms with Gasteiger partial charge in [0.25, 0.3) is 0 Å². The number of amides is 2. The van der Waals surface area contributed by atoms with Gasteiger partial charge in [-0.25, -0.2) is 4.39 Å². The molecule has 1 atom stereocenters. The Kier molecular flexibility index (Phi) is 3.52. The Morgan fingerprint density at radius 1 is 1.56 bits per heavy atom. The molecule has 1 aromatic carbocycles. The molecule has 1 aliphatic heterocycles. The fourth-order valence-electron chi connectivity index (χ4n) is 1.97. The van der Waals surface area contributed by atoms with Crippen molar-refractivity contribution < 1.29 is 14.0 Å². The molecular weight excluding hydrogens is 259 g/mol. The van der Waals surface area contributed by atoms with Gasteiger partial charge < -0.3 is 10.6 Å². The number of hydrogen-bond donors (Lipinski definition) is 1. The number of nitrogens with two attached hydrogens (primary N) is 1. The van der Waals surface area contributed by atoms with Crippen LogP contribution in [0.5, 0.6) is 0 Å². The summed E-state index contributed by atoms with van der Waals surface area (Å²) >= 11 is 5.88. The van der Waals surface area contributed by atoms with Crippen molar-refractivity contribution >= 4 is 23.4 Å². The van der Waals surface area contributed by atoms with Crippen molar-refractivity contribution in [3.05, 3.63) is 34.6 Å². The van der Waals surface area contributed by atoms with Crippen molar-refractivity contribution in [2.45, 2.75) is 13.0 Å². The highest BCUT2D eigenvalue weighted by molar-refractivity contribution is 6.31. The van der Waals surface area contributed by atoms with Crippen LogP contribution < -0.4 is 5.73 Å². The number of likely N-dealkylation sites (tertiary alicyclic amines) is 1. The second-order valence-corrected chi connectivity index (χ2v) is 4.72. The van der Waals surface area contributed by atoms with Crippen molar-refractivity contribution in [1.29, 1.82) is 0 Å². The summed E-state index contributed by atoms with van der Waals surface area (Å²) in [7, 11) is 0. The summed E-state index contributed by atoms with van der Waals surface area (Å²) in [6, 6.07) is 4.01. The van der Waals surface area contributed by atoms with Gasteiger partial charge in [0.05, 0.1) is 5.92 Å². The van der Waals surface area contributed by atoms with E-state index in [1.807, 2.05) is 0 Å². The second-order valence-electron chi connectivity index (χ2n) is 4.31. The fourth-order valence-corrected chi connectivity index (χ4v) is 2.20. The third kappa shape index (κ3) is 2.61. The molecule has 1 unspecified atom stereocenters. The molecule has 2 rings (SSSR count). The Balaban J connectivity index is 2.10. The molecule has 0 radical (unpaired) electrons. The zero-order chi connectivity index (χ0) is 13.3. The predicted molar refractivity (Wildman–Crippen MR) is 64.1 cm³/mol. The molecule has 0 bridgehead atoms. The molecule has 1 fully saturated rings. The average molecular weight is 271 g/mol. The third-order valence-electron chi connectivity index (χ3n) is 2.99. The Labute approximate surface area is 109 Å². The lowest BCUT2D eigenvalue weighted by molar-refractivity contribution is -0.128. The summed E-state index contributed by atoms with van der Waals surface area (Å²) in [6.07, 6.45) is 0.133. The summed E-state index contributed by atoms with van der Waals surface area (Å²) in [4.78, 5) is 24.2. The van der Waals surface area contributed by atoms with Crippen LogP contribution in [-0.2, 0) is 16.1 Å². The summed E-state index contributed by atoms with van der Waals surface area (Å²) in [5, 5.41) is 0.269. The quantitative estimate of drug-likeness (QED) is 0.900. The zero-order valence-corrected chi connectivity index (χ0v) is 10.3. The second kappa shape index (κ2) is 4.94. The molecular formula is C12H12ClFN2O2. The monoisotopic (exact) mass is 270 g/mol. The number of hydrogen-bond acceptors (Lipinski definition) is 2. The van der Waals surface area contributed by atoms with Gasteiger partial charge in [0, 0.05) is 24.5 Å². The van der Waals surface area contributed by atoms with E-state index in [0.29, 0.717) is 12.1 Å². The van der Waals surface area contributed by atoms with Crippen LogP contribution in [-0.4, -0.2) is 23.3 Å². The van der Waals surface area contributed by atoms with E-state index in [1.165, 1.54) is 23.1 Å². The van der Waals surface area contributed by atoms with Gasteiger partial charge in [0.15, 0.2) is 0 Å². The molecule has 0 saturated carbocycles. The minimum absolute atomic E-state index is 0.133. The van der Waals surface area contributed by atoms with Gasteiger partial charge in [0.2, 0.25) is 11.8 Å². The Morgan fingerprint density at radius 3 is 2.83 bits per heavy atom. The van der Waals surface area contributed by atoms with Crippen molar-refractivity contribution in [1.82, 2.24) is 4.90 Å². The van der Waals surface area contributed by atoms with E-state index in [1.54, 1.807) is 0 Å². The van der Waals surface area contributed by atoms with Crippen molar-refractivity contribution in [3.63, 3.8) is 0 Å². The van der Waals surface area contributed by atoms with Gasteiger partial charge in [-0.05, 0) is 17.7 Å². The van der Waals surface area contributed by atoms with E-state index >= 15 is 0 Å².